The van der Waals surface area contributed by atoms with Crippen LogP contribution in [0.5, 0.6) is 5.75 Å². The summed E-state index contributed by atoms with van der Waals surface area (Å²) in [5, 5.41) is 4.06. The van der Waals surface area contributed by atoms with Crippen LogP contribution >= 0.6 is 15.9 Å². The maximum Gasteiger partial charge on any atom is 0.245 e. The molecule has 6 nitrogen and oxygen atoms in total. The van der Waals surface area contributed by atoms with Gasteiger partial charge in [-0.3, -0.25) is 9.59 Å². The van der Waals surface area contributed by atoms with E-state index in [2.05, 4.69) is 26.5 Å². The van der Waals surface area contributed by atoms with Crippen LogP contribution < -0.4 is 15.1 Å². The van der Waals surface area contributed by atoms with Gasteiger partial charge in [0.15, 0.2) is 0 Å². The first-order valence-electron chi connectivity index (χ1n) is 10.2. The second-order valence-corrected chi connectivity index (χ2v) is 8.38. The molecule has 3 aromatic carbocycles. The Labute approximate surface area is 195 Å². The van der Waals surface area contributed by atoms with Gasteiger partial charge in [0, 0.05) is 23.1 Å². The summed E-state index contributed by atoms with van der Waals surface area (Å²) in [5.74, 6) is -0.0649. The van der Waals surface area contributed by atoms with E-state index in [-0.39, 0.29) is 18.2 Å². The van der Waals surface area contributed by atoms with E-state index in [9.17, 15) is 9.59 Å². The summed E-state index contributed by atoms with van der Waals surface area (Å²) in [4.78, 5) is 26.5. The molecule has 0 unspecified atom stereocenters. The summed E-state index contributed by atoms with van der Waals surface area (Å²) >= 11 is 3.38. The van der Waals surface area contributed by atoms with E-state index >= 15 is 0 Å². The first-order valence-corrected chi connectivity index (χ1v) is 11.0. The van der Waals surface area contributed by atoms with Crippen molar-refractivity contribution in [3.05, 3.63) is 94.5 Å². The number of benzene rings is 3. The summed E-state index contributed by atoms with van der Waals surface area (Å²) in [6.07, 6.45) is 1.73. The molecule has 0 saturated carbocycles. The first-order chi connectivity index (χ1) is 15.6. The van der Waals surface area contributed by atoms with E-state index in [1.165, 1.54) is 0 Å². The summed E-state index contributed by atoms with van der Waals surface area (Å²) in [5.41, 5.74) is 5.22. The second kappa shape index (κ2) is 10.2. The molecule has 1 aliphatic rings. The molecule has 0 spiro atoms. The van der Waals surface area contributed by atoms with Crippen LogP contribution in [0, 0.1) is 5.92 Å². The molecular formula is C25H22BrN3O3. The number of hydrazone groups is 1. The fraction of sp³-hybridized carbons (Fsp3) is 0.160. The summed E-state index contributed by atoms with van der Waals surface area (Å²) in [7, 11) is 0. The summed E-state index contributed by atoms with van der Waals surface area (Å²) in [6.45, 7) is 0.813. The molecular weight excluding hydrogens is 470 g/mol. The molecule has 162 valence electrons. The fourth-order valence-electron chi connectivity index (χ4n) is 3.44. The molecule has 32 heavy (non-hydrogen) atoms. The van der Waals surface area contributed by atoms with Gasteiger partial charge in [-0.2, -0.15) is 5.10 Å². The molecule has 0 aromatic heterocycles. The monoisotopic (exact) mass is 491 g/mol. The van der Waals surface area contributed by atoms with Crippen molar-refractivity contribution in [2.75, 3.05) is 11.4 Å². The Balaban J connectivity index is 1.30. The van der Waals surface area contributed by atoms with Crippen LogP contribution in [0.2, 0.25) is 0 Å². The first kappa shape index (κ1) is 21.8. The molecule has 1 saturated heterocycles. The topological polar surface area (TPSA) is 71.0 Å². The number of nitrogens with zero attached hydrogens (tertiary/aromatic N) is 2. The van der Waals surface area contributed by atoms with Crippen LogP contribution in [-0.2, 0) is 16.2 Å². The molecule has 0 radical (unpaired) electrons. The smallest absolute Gasteiger partial charge is 0.245 e. The highest BCUT2D eigenvalue weighted by atomic mass is 79.9. The number of ether oxygens (including phenoxy) is 1. The molecule has 1 aliphatic heterocycles. The lowest BCUT2D eigenvalue weighted by molar-refractivity contribution is -0.126. The zero-order chi connectivity index (χ0) is 22.3. The van der Waals surface area contributed by atoms with Crippen LogP contribution in [0.3, 0.4) is 0 Å². The standard InChI is InChI=1S/C25H22BrN3O3/c26-21-9-11-22(12-10-21)29-16-20(14-24(29)30)25(31)28-27-15-19-7-4-8-23(13-19)32-17-18-5-2-1-3-6-18/h1-13,15,20H,14,16-17H2,(H,28,31)/b27-15-/t20-/m1/s1. The highest BCUT2D eigenvalue weighted by Gasteiger charge is 2.35. The molecule has 1 atom stereocenters. The number of carbonyl (C=O) groups excluding carboxylic acids is 2. The van der Waals surface area contributed by atoms with Gasteiger partial charge in [0.1, 0.15) is 12.4 Å². The normalized spacial score (nSPS) is 15.8. The third kappa shape index (κ3) is 5.62. The van der Waals surface area contributed by atoms with Gasteiger partial charge >= 0.3 is 0 Å². The van der Waals surface area contributed by atoms with Gasteiger partial charge in [0.25, 0.3) is 0 Å². The number of amides is 2. The number of nitrogens with one attached hydrogen (secondary N) is 1. The highest BCUT2D eigenvalue weighted by Crippen LogP contribution is 2.26. The van der Waals surface area contributed by atoms with Crippen LogP contribution in [0.25, 0.3) is 0 Å². The molecule has 1 N–H and O–H groups in total. The zero-order valence-electron chi connectivity index (χ0n) is 17.3. The Morgan fingerprint density at radius 2 is 1.88 bits per heavy atom. The number of hydrogen-bond acceptors (Lipinski definition) is 4. The highest BCUT2D eigenvalue weighted by molar-refractivity contribution is 9.10. The van der Waals surface area contributed by atoms with E-state index in [0.717, 1.165) is 27.0 Å². The van der Waals surface area contributed by atoms with Crippen LogP contribution in [0.15, 0.2) is 88.4 Å². The third-order valence-corrected chi connectivity index (χ3v) is 5.66. The predicted molar refractivity (Wildman–Crippen MR) is 128 cm³/mol. The average molecular weight is 492 g/mol. The minimum atomic E-state index is -0.441. The van der Waals surface area contributed by atoms with Gasteiger partial charge in [-0.25, -0.2) is 5.43 Å². The van der Waals surface area contributed by atoms with E-state index < -0.39 is 5.92 Å². The maximum absolute atomic E-state index is 12.5. The molecule has 1 heterocycles. The van der Waals surface area contributed by atoms with Crippen LogP contribution in [0.4, 0.5) is 5.69 Å². The van der Waals surface area contributed by atoms with Crippen LogP contribution in [-0.4, -0.2) is 24.6 Å². The average Bonchev–Trinajstić information content (AvgIpc) is 3.21. The van der Waals surface area contributed by atoms with Gasteiger partial charge in [-0.1, -0.05) is 58.4 Å². The van der Waals surface area contributed by atoms with E-state index in [1.54, 1.807) is 11.1 Å². The molecule has 3 aromatic rings. The van der Waals surface area contributed by atoms with Crippen molar-refractivity contribution in [3.63, 3.8) is 0 Å². The lowest BCUT2D eigenvalue weighted by atomic mass is 10.1. The Kier molecular flexibility index (Phi) is 6.97. The number of anilines is 1. The van der Waals surface area contributed by atoms with Crippen LogP contribution in [0.1, 0.15) is 17.5 Å². The minimum Gasteiger partial charge on any atom is -0.489 e. The second-order valence-electron chi connectivity index (χ2n) is 7.46. The fourth-order valence-corrected chi connectivity index (χ4v) is 3.71. The molecule has 0 aliphatic carbocycles. The number of hydrogen-bond donors (Lipinski definition) is 1. The quantitative estimate of drug-likeness (QED) is 0.389. The van der Waals surface area contributed by atoms with E-state index in [4.69, 9.17) is 4.74 Å². The van der Waals surface area contributed by atoms with Gasteiger partial charge in [0.2, 0.25) is 11.8 Å². The van der Waals surface area contributed by atoms with Gasteiger partial charge in [0.05, 0.1) is 12.1 Å². The van der Waals surface area contributed by atoms with Crippen molar-refractivity contribution >= 4 is 39.6 Å². The lowest BCUT2D eigenvalue weighted by Crippen LogP contribution is -2.30. The maximum atomic E-state index is 12.5. The largest absolute Gasteiger partial charge is 0.489 e. The zero-order valence-corrected chi connectivity index (χ0v) is 18.9. The third-order valence-electron chi connectivity index (χ3n) is 5.13. The van der Waals surface area contributed by atoms with Gasteiger partial charge in [-0.05, 0) is 47.5 Å². The molecule has 1 fully saturated rings. The Hall–Kier alpha value is -3.45. The van der Waals surface area contributed by atoms with Gasteiger partial charge < -0.3 is 9.64 Å². The minimum absolute atomic E-state index is 0.0697. The number of rotatable bonds is 7. The van der Waals surface area contributed by atoms with Crippen molar-refractivity contribution < 1.29 is 14.3 Å². The lowest BCUT2D eigenvalue weighted by Gasteiger charge is -2.16. The van der Waals surface area contributed by atoms with Gasteiger partial charge in [-0.15, -0.1) is 0 Å². The van der Waals surface area contributed by atoms with Crippen molar-refractivity contribution in [2.24, 2.45) is 11.0 Å². The van der Waals surface area contributed by atoms with Crippen molar-refractivity contribution in [2.45, 2.75) is 13.0 Å². The van der Waals surface area contributed by atoms with E-state index in [0.29, 0.717) is 13.2 Å². The van der Waals surface area contributed by atoms with Crippen molar-refractivity contribution in [1.82, 2.24) is 5.43 Å². The van der Waals surface area contributed by atoms with Crippen molar-refractivity contribution in [3.8, 4) is 5.75 Å². The molecule has 7 heteroatoms. The SMILES string of the molecule is O=C(N/N=C\c1cccc(OCc2ccccc2)c1)[C@@H]1CC(=O)N(c2ccc(Br)cc2)C1. The Bertz CT molecular complexity index is 1120. The number of halogens is 1. The predicted octanol–water partition coefficient (Wildman–Crippen LogP) is 4.53. The molecule has 2 amide bonds. The Morgan fingerprint density at radius 1 is 1.09 bits per heavy atom. The Morgan fingerprint density at radius 3 is 2.66 bits per heavy atom. The number of carbonyl (C=O) groups is 2. The summed E-state index contributed by atoms with van der Waals surface area (Å²) < 4.78 is 6.76. The van der Waals surface area contributed by atoms with Crippen molar-refractivity contribution in [1.29, 1.82) is 0 Å². The molecule has 4 rings (SSSR count). The van der Waals surface area contributed by atoms with E-state index in [1.807, 2.05) is 78.9 Å². The summed E-state index contributed by atoms with van der Waals surface area (Å²) in [6, 6.07) is 24.9. The molecule has 0 bridgehead atoms.